The number of hydrogen-bond acceptors (Lipinski definition) is 2. The second kappa shape index (κ2) is 4.13. The van der Waals surface area contributed by atoms with Gasteiger partial charge in [-0.3, -0.25) is 0 Å². The molecule has 0 N–H and O–H groups in total. The number of nitrogens with zero attached hydrogens (tertiary/aromatic N) is 2. The Labute approximate surface area is 90.7 Å². The van der Waals surface area contributed by atoms with Gasteiger partial charge < -0.3 is 4.74 Å². The Morgan fingerprint density at radius 1 is 1.79 bits per heavy atom. The molecule has 1 aromatic rings. The van der Waals surface area contributed by atoms with Crippen molar-refractivity contribution in [2.45, 2.75) is 45.7 Å². The van der Waals surface area contributed by atoms with Crippen LogP contribution >= 0.6 is 0 Å². The number of hydrogen-bond donors (Lipinski definition) is 0. The van der Waals surface area contributed by atoms with Gasteiger partial charge in [-0.05, 0) is 38.6 Å². The Balaban J connectivity index is 2.30. The summed E-state index contributed by atoms with van der Waals surface area (Å²) in [5.74, 6) is 0. The first kappa shape index (κ1) is 5.91. The van der Waals surface area contributed by atoms with Crippen molar-refractivity contribution in [3.63, 3.8) is 0 Å². The van der Waals surface area contributed by atoms with Gasteiger partial charge in [0.05, 0.1) is 5.69 Å². The summed E-state index contributed by atoms with van der Waals surface area (Å²) in [7, 11) is 0. The van der Waals surface area contributed by atoms with E-state index in [1.807, 2.05) is 0 Å². The van der Waals surface area contributed by atoms with Gasteiger partial charge in [0, 0.05) is 17.8 Å². The van der Waals surface area contributed by atoms with Crippen LogP contribution in [0.15, 0.2) is 6.07 Å². The molecule has 1 saturated heterocycles. The lowest BCUT2D eigenvalue weighted by atomic mass is 10.2. The van der Waals surface area contributed by atoms with E-state index in [0.29, 0.717) is 12.3 Å². The third-order valence-electron chi connectivity index (χ3n) is 2.46. The molecule has 1 aliphatic heterocycles. The van der Waals surface area contributed by atoms with Crippen molar-refractivity contribution in [2.24, 2.45) is 0 Å². The highest BCUT2D eigenvalue weighted by Crippen LogP contribution is 2.23. The second-order valence-electron chi connectivity index (χ2n) is 3.62. The van der Waals surface area contributed by atoms with E-state index in [-0.39, 0.29) is 6.23 Å². The number of rotatable bonds is 2. The van der Waals surface area contributed by atoms with Crippen LogP contribution in [0.5, 0.6) is 0 Å². The van der Waals surface area contributed by atoms with E-state index >= 15 is 0 Å². The van der Waals surface area contributed by atoms with Crippen molar-refractivity contribution >= 4 is 0 Å². The van der Waals surface area contributed by atoms with Crippen LogP contribution in [0, 0.1) is 6.92 Å². The maximum absolute atomic E-state index is 7.86. The fraction of sp³-hybridized carbons (Fsp3) is 0.727. The van der Waals surface area contributed by atoms with Crippen LogP contribution in [0.2, 0.25) is 0 Å². The highest BCUT2D eigenvalue weighted by molar-refractivity contribution is 5.09. The molecule has 0 saturated carbocycles. The zero-order valence-corrected chi connectivity index (χ0v) is 8.36. The minimum Gasteiger partial charge on any atom is -0.357 e. The maximum atomic E-state index is 7.86. The van der Waals surface area contributed by atoms with Gasteiger partial charge in [-0.25, -0.2) is 4.68 Å². The molecule has 78 valence electrons. The number of aromatic nitrogens is 2. The highest BCUT2D eigenvalue weighted by Gasteiger charge is 2.18. The summed E-state index contributed by atoms with van der Waals surface area (Å²) in [5, 5.41) is 4.29. The molecule has 0 amide bonds. The van der Waals surface area contributed by atoms with Crippen molar-refractivity contribution in [2.75, 3.05) is 6.61 Å². The molecule has 3 heteroatoms. The topological polar surface area (TPSA) is 27.1 Å². The van der Waals surface area contributed by atoms with Crippen molar-refractivity contribution in [3.05, 3.63) is 17.5 Å². The van der Waals surface area contributed by atoms with Gasteiger partial charge in [0.1, 0.15) is 6.23 Å². The molecule has 2 rings (SSSR count). The quantitative estimate of drug-likeness (QED) is 0.730. The van der Waals surface area contributed by atoms with Crippen LogP contribution < -0.4 is 0 Å². The molecule has 14 heavy (non-hydrogen) atoms. The fourth-order valence-corrected chi connectivity index (χ4v) is 1.79. The number of aryl methyl sites for hydroxylation is 2. The van der Waals surface area contributed by atoms with Crippen LogP contribution in [0.3, 0.4) is 0 Å². The van der Waals surface area contributed by atoms with Gasteiger partial charge in [0.2, 0.25) is 0 Å². The molecular formula is C11H18N2O. The molecule has 1 fully saturated rings. The average Bonchev–Trinajstić information content (AvgIpc) is 2.70. The van der Waals surface area contributed by atoms with Crippen LogP contribution in [0.1, 0.15) is 49.2 Å². The smallest absolute Gasteiger partial charge is 0.150 e. The van der Waals surface area contributed by atoms with E-state index < -0.39 is 13.2 Å². The standard InChI is InChI=1S/C11H18N2O/c1-3-10-8-9(2)12-13(10)11-6-4-5-7-14-11/h8,11H,3-7H2,1-2H3/i1D3,3D. The summed E-state index contributed by atoms with van der Waals surface area (Å²) in [5.41, 5.74) is 1.14. The van der Waals surface area contributed by atoms with Crippen molar-refractivity contribution < 1.29 is 10.2 Å². The molecule has 0 radical (unpaired) electrons. The molecular weight excluding hydrogens is 176 g/mol. The third kappa shape index (κ3) is 1.82. The zero-order chi connectivity index (χ0) is 13.3. The summed E-state index contributed by atoms with van der Waals surface area (Å²) >= 11 is 0. The molecule has 0 aliphatic carbocycles. The Morgan fingerprint density at radius 2 is 2.71 bits per heavy atom. The lowest BCUT2D eigenvalue weighted by Crippen LogP contribution is -2.20. The summed E-state index contributed by atoms with van der Waals surface area (Å²) < 4.78 is 37.1. The van der Waals surface area contributed by atoms with Crippen LogP contribution in [0.25, 0.3) is 0 Å². The molecule has 2 heterocycles. The SMILES string of the molecule is [2H]C(c1cc(C)nn1C1CCCCO1)C([2H])([2H])[2H]. The Hall–Kier alpha value is -0.830. The van der Waals surface area contributed by atoms with Crippen LogP contribution in [-0.4, -0.2) is 16.4 Å². The first-order chi connectivity index (χ1) is 8.39. The van der Waals surface area contributed by atoms with E-state index in [9.17, 15) is 0 Å². The molecule has 0 spiro atoms. The minimum atomic E-state index is -2.33. The average molecular weight is 198 g/mol. The number of ether oxygens (including phenoxy) is 1. The van der Waals surface area contributed by atoms with Crippen LogP contribution in [-0.2, 0) is 11.1 Å². The highest BCUT2D eigenvalue weighted by atomic mass is 16.5. The van der Waals surface area contributed by atoms with Gasteiger partial charge in [0.25, 0.3) is 0 Å². The van der Waals surface area contributed by atoms with Gasteiger partial charge >= 0.3 is 0 Å². The zero-order valence-electron chi connectivity index (χ0n) is 12.4. The molecule has 0 bridgehead atoms. The first-order valence-corrected chi connectivity index (χ1v) is 4.99. The van der Waals surface area contributed by atoms with Crippen molar-refractivity contribution in [3.8, 4) is 0 Å². The predicted molar refractivity (Wildman–Crippen MR) is 55.2 cm³/mol. The van der Waals surface area contributed by atoms with E-state index in [1.54, 1.807) is 17.7 Å². The van der Waals surface area contributed by atoms with E-state index in [0.717, 1.165) is 25.0 Å². The molecule has 1 aromatic heterocycles. The van der Waals surface area contributed by atoms with Crippen LogP contribution in [0.4, 0.5) is 0 Å². The van der Waals surface area contributed by atoms with Gasteiger partial charge in [-0.1, -0.05) is 6.85 Å². The van der Waals surface area contributed by atoms with Gasteiger partial charge in [-0.2, -0.15) is 5.10 Å². The lowest BCUT2D eigenvalue weighted by Gasteiger charge is -2.24. The lowest BCUT2D eigenvalue weighted by molar-refractivity contribution is -0.0411. The largest absolute Gasteiger partial charge is 0.357 e. The predicted octanol–water partition coefficient (Wildman–Crippen LogP) is 2.45. The third-order valence-corrected chi connectivity index (χ3v) is 2.46. The molecule has 1 aliphatic rings. The normalized spacial score (nSPS) is 29.9. The minimum absolute atomic E-state index is 0.224. The monoisotopic (exact) mass is 198 g/mol. The Bertz CT molecular complexity index is 410. The van der Waals surface area contributed by atoms with Crippen molar-refractivity contribution in [1.29, 1.82) is 0 Å². The Kier molecular flexibility index (Phi) is 1.74. The summed E-state index contributed by atoms with van der Waals surface area (Å²) in [6.45, 7) is 0.132. The molecule has 0 aromatic carbocycles. The van der Waals surface area contributed by atoms with E-state index in [1.165, 1.54) is 0 Å². The first-order valence-electron chi connectivity index (χ1n) is 7.07. The van der Waals surface area contributed by atoms with E-state index in [4.69, 9.17) is 10.2 Å². The van der Waals surface area contributed by atoms with Gasteiger partial charge in [-0.15, -0.1) is 0 Å². The molecule has 3 nitrogen and oxygen atoms in total. The van der Waals surface area contributed by atoms with E-state index in [2.05, 4.69) is 5.10 Å². The van der Waals surface area contributed by atoms with Crippen molar-refractivity contribution in [1.82, 2.24) is 9.78 Å². The summed E-state index contributed by atoms with van der Waals surface area (Å²) in [6.07, 6.45) is 1.39. The van der Waals surface area contributed by atoms with Gasteiger partial charge in [0.15, 0.2) is 0 Å². The fourth-order valence-electron chi connectivity index (χ4n) is 1.79. The Morgan fingerprint density at radius 3 is 3.43 bits per heavy atom. The maximum Gasteiger partial charge on any atom is 0.150 e. The summed E-state index contributed by atoms with van der Waals surface area (Å²) in [4.78, 5) is 0. The molecule has 2 unspecified atom stereocenters. The molecule has 2 atom stereocenters. The summed E-state index contributed by atoms with van der Waals surface area (Å²) in [6, 6.07) is 1.67. The second-order valence-corrected chi connectivity index (χ2v) is 3.62.